The van der Waals surface area contributed by atoms with Gasteiger partial charge in [0.05, 0.1) is 17.3 Å². The predicted molar refractivity (Wildman–Crippen MR) is 113 cm³/mol. The maximum atomic E-state index is 12.6. The number of amides is 2. The molecule has 0 spiro atoms. The van der Waals surface area contributed by atoms with Crippen molar-refractivity contribution >= 4 is 23.8 Å². The van der Waals surface area contributed by atoms with Gasteiger partial charge in [0.2, 0.25) is 5.95 Å². The van der Waals surface area contributed by atoms with E-state index in [-0.39, 0.29) is 23.3 Å². The number of hydrogen-bond donors (Lipinski definition) is 0. The zero-order valence-electron chi connectivity index (χ0n) is 18.9. The maximum Gasteiger partial charge on any atom is 0.427 e. The third kappa shape index (κ3) is 6.86. The fourth-order valence-corrected chi connectivity index (χ4v) is 2.19. The fraction of sp³-hybridized carbons (Fsp3) is 0.450. The summed E-state index contributed by atoms with van der Waals surface area (Å²) in [4.78, 5) is 48.2. The van der Waals surface area contributed by atoms with Crippen LogP contribution in [0.25, 0.3) is 0 Å². The lowest BCUT2D eigenvalue weighted by Gasteiger charge is -2.27. The number of carbonyl (C=O) groups is 2. The monoisotopic (exact) mass is 447 g/mol. The van der Waals surface area contributed by atoms with Crippen LogP contribution in [0.5, 0.6) is 11.6 Å². The highest BCUT2D eigenvalue weighted by molar-refractivity contribution is 6.08. The van der Waals surface area contributed by atoms with E-state index in [0.29, 0.717) is 10.5 Å². The van der Waals surface area contributed by atoms with Crippen molar-refractivity contribution in [3.63, 3.8) is 0 Å². The second-order valence-electron chi connectivity index (χ2n) is 8.71. The lowest BCUT2D eigenvalue weighted by molar-refractivity contribution is -0.386. The zero-order chi connectivity index (χ0) is 24.3. The molecule has 2 heterocycles. The molecule has 0 N–H and O–H groups in total. The maximum absolute atomic E-state index is 12.6. The Labute approximate surface area is 184 Å². The summed E-state index contributed by atoms with van der Waals surface area (Å²) in [6.07, 6.45) is 1.61. The highest BCUT2D eigenvalue weighted by atomic mass is 16.6. The molecule has 32 heavy (non-hydrogen) atoms. The molecule has 0 aliphatic heterocycles. The first kappa shape index (κ1) is 24.4. The Morgan fingerprint density at radius 3 is 1.88 bits per heavy atom. The van der Waals surface area contributed by atoms with Crippen LogP contribution in [0.1, 0.15) is 47.1 Å². The van der Waals surface area contributed by atoms with Gasteiger partial charge in [-0.05, 0) is 54.0 Å². The van der Waals surface area contributed by atoms with E-state index in [1.165, 1.54) is 12.3 Å². The number of hydrogen-bond acceptors (Lipinski definition) is 10. The molecule has 0 unspecified atom stereocenters. The van der Waals surface area contributed by atoms with Crippen LogP contribution >= 0.6 is 0 Å². The number of aromatic nitrogens is 3. The van der Waals surface area contributed by atoms with Gasteiger partial charge in [-0.25, -0.2) is 24.5 Å². The van der Waals surface area contributed by atoms with Crippen molar-refractivity contribution in [3.05, 3.63) is 40.3 Å². The van der Waals surface area contributed by atoms with Crippen LogP contribution in [-0.4, -0.2) is 43.3 Å². The van der Waals surface area contributed by atoms with Crippen molar-refractivity contribution in [1.29, 1.82) is 0 Å². The first-order valence-electron chi connectivity index (χ1n) is 9.53. The summed E-state index contributed by atoms with van der Waals surface area (Å²) in [6.45, 7) is 11.5. The molecule has 2 rings (SSSR count). The van der Waals surface area contributed by atoms with E-state index >= 15 is 0 Å². The Morgan fingerprint density at radius 1 is 0.938 bits per heavy atom. The number of nitro groups is 1. The molecular formula is C20H25N5O7. The molecule has 12 heteroatoms. The van der Waals surface area contributed by atoms with Gasteiger partial charge in [-0.3, -0.25) is 10.1 Å². The van der Waals surface area contributed by atoms with Crippen molar-refractivity contribution in [1.82, 2.24) is 15.0 Å². The Morgan fingerprint density at radius 2 is 1.44 bits per heavy atom. The number of ether oxygens (including phenoxy) is 3. The Balaban J connectivity index is 2.34. The van der Waals surface area contributed by atoms with E-state index in [1.807, 2.05) is 0 Å². The van der Waals surface area contributed by atoms with Gasteiger partial charge in [0.1, 0.15) is 11.2 Å². The van der Waals surface area contributed by atoms with Gasteiger partial charge >= 0.3 is 17.9 Å². The molecule has 0 aliphatic rings. The average molecular weight is 447 g/mol. The molecule has 12 nitrogen and oxygen atoms in total. The fourth-order valence-electron chi connectivity index (χ4n) is 2.19. The second kappa shape index (κ2) is 9.12. The molecule has 0 bridgehead atoms. The van der Waals surface area contributed by atoms with E-state index in [2.05, 4.69) is 15.0 Å². The first-order valence-corrected chi connectivity index (χ1v) is 9.53. The lowest BCUT2D eigenvalue weighted by atomic mass is 10.2. The molecule has 172 valence electrons. The Bertz CT molecular complexity index is 982. The van der Waals surface area contributed by atoms with E-state index in [9.17, 15) is 19.7 Å². The van der Waals surface area contributed by atoms with Gasteiger partial charge in [0.25, 0.3) is 5.88 Å². The van der Waals surface area contributed by atoms with Crippen LogP contribution in [0.2, 0.25) is 0 Å². The summed E-state index contributed by atoms with van der Waals surface area (Å²) in [5.41, 5.74) is -1.54. The molecule has 2 aromatic rings. The third-order valence-corrected chi connectivity index (χ3v) is 3.35. The summed E-state index contributed by atoms with van der Waals surface area (Å²) in [5, 5.41) is 11.2. The minimum absolute atomic E-state index is 0.00142. The predicted octanol–water partition coefficient (Wildman–Crippen LogP) is 4.56. The summed E-state index contributed by atoms with van der Waals surface area (Å²) < 4.78 is 15.9. The molecule has 0 aromatic carbocycles. The molecule has 2 amide bonds. The van der Waals surface area contributed by atoms with Crippen molar-refractivity contribution in [2.75, 3.05) is 4.90 Å². The van der Waals surface area contributed by atoms with Crippen molar-refractivity contribution < 1.29 is 28.7 Å². The number of nitrogens with zero attached hydrogens (tertiary/aromatic N) is 5. The summed E-state index contributed by atoms with van der Waals surface area (Å²) >= 11 is 0. The van der Waals surface area contributed by atoms with Crippen LogP contribution in [0, 0.1) is 17.0 Å². The second-order valence-corrected chi connectivity index (χ2v) is 8.71. The number of anilines is 1. The Kier molecular flexibility index (Phi) is 6.97. The summed E-state index contributed by atoms with van der Waals surface area (Å²) in [5.74, 6) is -0.582. The van der Waals surface area contributed by atoms with Gasteiger partial charge in [-0.2, -0.15) is 0 Å². The molecular weight excluding hydrogens is 422 g/mol. The van der Waals surface area contributed by atoms with Crippen molar-refractivity contribution in [2.24, 2.45) is 0 Å². The standard InChI is InChI=1S/C20H25N5O7/c1-12-8-14(25(28)29)15(21-9-12)30-13-10-22-16(23-11-13)24(17(26)31-19(2,3)4)18(27)32-20(5,6)7/h8-11H,1-7H3. The molecule has 0 saturated carbocycles. The quantitative estimate of drug-likeness (QED) is 0.482. The molecule has 0 aliphatic carbocycles. The van der Waals surface area contributed by atoms with Gasteiger partial charge in [-0.15, -0.1) is 4.90 Å². The number of pyridine rings is 1. The molecule has 0 radical (unpaired) electrons. The Hall–Kier alpha value is -3.83. The van der Waals surface area contributed by atoms with Crippen LogP contribution in [0.3, 0.4) is 0 Å². The molecule has 0 atom stereocenters. The number of rotatable bonds is 4. The minimum atomic E-state index is -1.03. The zero-order valence-corrected chi connectivity index (χ0v) is 18.9. The number of aryl methyl sites for hydroxylation is 1. The van der Waals surface area contributed by atoms with Crippen LogP contribution < -0.4 is 9.64 Å². The number of carbonyl (C=O) groups excluding carboxylic acids is 2. The van der Waals surface area contributed by atoms with E-state index in [0.717, 1.165) is 12.4 Å². The van der Waals surface area contributed by atoms with Crippen molar-refractivity contribution in [2.45, 2.75) is 59.7 Å². The summed E-state index contributed by atoms with van der Waals surface area (Å²) in [7, 11) is 0. The normalized spacial score (nSPS) is 11.5. The third-order valence-electron chi connectivity index (χ3n) is 3.35. The minimum Gasteiger partial charge on any atom is -0.443 e. The van der Waals surface area contributed by atoms with Crippen LogP contribution in [-0.2, 0) is 9.47 Å². The summed E-state index contributed by atoms with van der Waals surface area (Å²) in [6, 6.07) is 1.31. The SMILES string of the molecule is Cc1cnc(Oc2cnc(N(C(=O)OC(C)(C)C)C(=O)OC(C)(C)C)nc2)c([N+](=O)[O-])c1. The van der Waals surface area contributed by atoms with Crippen molar-refractivity contribution in [3.8, 4) is 11.6 Å². The van der Waals surface area contributed by atoms with E-state index < -0.39 is 28.3 Å². The van der Waals surface area contributed by atoms with Gasteiger partial charge in [-0.1, -0.05) is 0 Å². The highest BCUT2D eigenvalue weighted by Gasteiger charge is 2.34. The number of imide groups is 1. The van der Waals surface area contributed by atoms with Gasteiger partial charge in [0, 0.05) is 12.3 Å². The van der Waals surface area contributed by atoms with Gasteiger partial charge in [0.15, 0.2) is 5.75 Å². The van der Waals surface area contributed by atoms with E-state index in [4.69, 9.17) is 14.2 Å². The van der Waals surface area contributed by atoms with E-state index in [1.54, 1.807) is 48.5 Å². The smallest absolute Gasteiger partial charge is 0.427 e. The topological polar surface area (TPSA) is 147 Å². The molecule has 2 aromatic heterocycles. The first-order chi connectivity index (χ1) is 14.7. The largest absolute Gasteiger partial charge is 0.443 e. The molecule has 0 fully saturated rings. The van der Waals surface area contributed by atoms with Gasteiger partial charge < -0.3 is 14.2 Å². The average Bonchev–Trinajstić information content (AvgIpc) is 2.61. The lowest BCUT2D eigenvalue weighted by Crippen LogP contribution is -2.44. The van der Waals surface area contributed by atoms with Crippen LogP contribution in [0.4, 0.5) is 21.2 Å². The highest BCUT2D eigenvalue weighted by Crippen LogP contribution is 2.29. The van der Waals surface area contributed by atoms with Crippen LogP contribution in [0.15, 0.2) is 24.7 Å². The molecule has 0 saturated heterocycles.